The van der Waals surface area contributed by atoms with E-state index < -0.39 is 5.97 Å². The van der Waals surface area contributed by atoms with Crippen molar-refractivity contribution in [1.29, 1.82) is 0 Å². The quantitative estimate of drug-likeness (QED) is 0.500. The van der Waals surface area contributed by atoms with Gasteiger partial charge in [-0.25, -0.2) is 4.79 Å². The highest BCUT2D eigenvalue weighted by Crippen LogP contribution is 2.10. The van der Waals surface area contributed by atoms with Gasteiger partial charge < -0.3 is 9.47 Å². The summed E-state index contributed by atoms with van der Waals surface area (Å²) in [5, 5.41) is 0. The summed E-state index contributed by atoms with van der Waals surface area (Å²) in [6.07, 6.45) is 1.84. The Hall–Kier alpha value is -1.32. The zero-order valence-corrected chi connectivity index (χ0v) is 9.49. The molecule has 0 fully saturated rings. The first kappa shape index (κ1) is 13.7. The zero-order chi connectivity index (χ0) is 11.8. The lowest BCUT2D eigenvalue weighted by atomic mass is 10.1. The number of hydrogen-bond acceptors (Lipinski definition) is 4. The van der Waals surface area contributed by atoms with Gasteiger partial charge in [0.05, 0.1) is 0 Å². The Morgan fingerprint density at radius 1 is 1.40 bits per heavy atom. The van der Waals surface area contributed by atoms with E-state index in [0.29, 0.717) is 12.8 Å². The van der Waals surface area contributed by atoms with E-state index in [-0.39, 0.29) is 18.2 Å². The maximum absolute atomic E-state index is 10.9. The Bertz CT molecular complexity index is 235. The van der Waals surface area contributed by atoms with Gasteiger partial charge in [0.1, 0.15) is 12.2 Å². The van der Waals surface area contributed by atoms with Crippen molar-refractivity contribution in [3.05, 3.63) is 12.7 Å². The van der Waals surface area contributed by atoms with E-state index >= 15 is 0 Å². The van der Waals surface area contributed by atoms with Crippen molar-refractivity contribution < 1.29 is 19.1 Å². The predicted octanol–water partition coefficient (Wildman–Crippen LogP) is 1.84. The number of carbonyl (C=O) groups excluding carboxylic acids is 2. The van der Waals surface area contributed by atoms with Gasteiger partial charge in [-0.15, -0.1) is 0 Å². The van der Waals surface area contributed by atoms with Crippen LogP contribution in [0.4, 0.5) is 0 Å². The molecular formula is C11H18O4. The van der Waals surface area contributed by atoms with Crippen LogP contribution in [0.25, 0.3) is 0 Å². The van der Waals surface area contributed by atoms with Gasteiger partial charge in [-0.3, -0.25) is 4.79 Å². The SMILES string of the molecule is C=CC(=O)OC(CC)CC(C)OC(C)=O. The molecule has 0 aromatic carbocycles. The standard InChI is InChI=1S/C11H18O4/c1-5-10(15-11(13)6-2)7-8(3)14-9(4)12/h6,8,10H,2,5,7H2,1,3-4H3. The van der Waals surface area contributed by atoms with Gasteiger partial charge in [0, 0.05) is 19.4 Å². The van der Waals surface area contributed by atoms with Crippen molar-refractivity contribution in [2.45, 2.75) is 45.8 Å². The van der Waals surface area contributed by atoms with Crippen LogP contribution >= 0.6 is 0 Å². The first-order valence-electron chi connectivity index (χ1n) is 4.99. The molecule has 4 heteroatoms. The third-order valence-corrected chi connectivity index (χ3v) is 1.87. The minimum atomic E-state index is -0.447. The Balaban J connectivity index is 4.02. The van der Waals surface area contributed by atoms with Crippen molar-refractivity contribution in [1.82, 2.24) is 0 Å². The third kappa shape index (κ3) is 6.71. The first-order chi connectivity index (χ1) is 6.99. The molecule has 0 aliphatic rings. The van der Waals surface area contributed by atoms with Crippen LogP contribution < -0.4 is 0 Å². The molecule has 0 aromatic heterocycles. The molecule has 0 heterocycles. The molecule has 0 bridgehead atoms. The fourth-order valence-electron chi connectivity index (χ4n) is 1.21. The Morgan fingerprint density at radius 3 is 2.40 bits per heavy atom. The highest BCUT2D eigenvalue weighted by Gasteiger charge is 2.16. The summed E-state index contributed by atoms with van der Waals surface area (Å²) >= 11 is 0. The van der Waals surface area contributed by atoms with E-state index in [1.54, 1.807) is 6.92 Å². The summed E-state index contributed by atoms with van der Waals surface area (Å²) in [5.74, 6) is -0.774. The minimum absolute atomic E-state index is 0.232. The van der Waals surface area contributed by atoms with Crippen LogP contribution in [0.5, 0.6) is 0 Å². The normalized spacial score (nSPS) is 13.8. The predicted molar refractivity (Wildman–Crippen MR) is 56.2 cm³/mol. The number of ether oxygens (including phenoxy) is 2. The molecule has 2 atom stereocenters. The Labute approximate surface area is 90.2 Å². The second kappa shape index (κ2) is 7.04. The van der Waals surface area contributed by atoms with E-state index in [0.717, 1.165) is 6.08 Å². The van der Waals surface area contributed by atoms with Gasteiger partial charge in [-0.05, 0) is 13.3 Å². The number of carbonyl (C=O) groups is 2. The smallest absolute Gasteiger partial charge is 0.330 e. The lowest BCUT2D eigenvalue weighted by molar-refractivity contribution is -0.150. The largest absolute Gasteiger partial charge is 0.463 e. The zero-order valence-electron chi connectivity index (χ0n) is 9.49. The molecule has 15 heavy (non-hydrogen) atoms. The average molecular weight is 214 g/mol. The van der Waals surface area contributed by atoms with Crippen LogP contribution in [0, 0.1) is 0 Å². The molecular weight excluding hydrogens is 196 g/mol. The summed E-state index contributed by atoms with van der Waals surface area (Å²) in [5.41, 5.74) is 0. The molecule has 86 valence electrons. The first-order valence-corrected chi connectivity index (χ1v) is 4.99. The highest BCUT2D eigenvalue weighted by molar-refractivity contribution is 5.81. The van der Waals surface area contributed by atoms with Gasteiger partial charge >= 0.3 is 11.9 Å². The topological polar surface area (TPSA) is 52.6 Å². The number of rotatable bonds is 6. The third-order valence-electron chi connectivity index (χ3n) is 1.87. The van der Waals surface area contributed by atoms with Gasteiger partial charge in [-0.1, -0.05) is 13.5 Å². The lowest BCUT2D eigenvalue weighted by Crippen LogP contribution is -2.23. The molecule has 0 amide bonds. The monoisotopic (exact) mass is 214 g/mol. The molecule has 0 N–H and O–H groups in total. The fraction of sp³-hybridized carbons (Fsp3) is 0.636. The summed E-state index contributed by atoms with van der Waals surface area (Å²) in [4.78, 5) is 21.6. The van der Waals surface area contributed by atoms with Gasteiger partial charge in [0.25, 0.3) is 0 Å². The molecule has 0 rings (SSSR count). The van der Waals surface area contributed by atoms with E-state index in [2.05, 4.69) is 6.58 Å². The molecule has 4 nitrogen and oxygen atoms in total. The van der Waals surface area contributed by atoms with Gasteiger partial charge in [0.15, 0.2) is 0 Å². The molecule has 0 aliphatic carbocycles. The second-order valence-electron chi connectivity index (χ2n) is 3.33. The lowest BCUT2D eigenvalue weighted by Gasteiger charge is -2.19. The second-order valence-corrected chi connectivity index (χ2v) is 3.33. The van der Waals surface area contributed by atoms with E-state index in [9.17, 15) is 9.59 Å². The summed E-state index contributed by atoms with van der Waals surface area (Å²) < 4.78 is 9.99. The maximum atomic E-state index is 10.9. The maximum Gasteiger partial charge on any atom is 0.330 e. The summed E-state index contributed by atoms with van der Waals surface area (Å²) in [7, 11) is 0. The van der Waals surface area contributed by atoms with Gasteiger partial charge in [-0.2, -0.15) is 0 Å². The molecule has 2 unspecified atom stereocenters. The van der Waals surface area contributed by atoms with Crippen LogP contribution in [0.1, 0.15) is 33.6 Å². The molecule has 0 spiro atoms. The van der Waals surface area contributed by atoms with Crippen molar-refractivity contribution in [3.63, 3.8) is 0 Å². The number of hydrogen-bond donors (Lipinski definition) is 0. The molecule has 0 radical (unpaired) electrons. The van der Waals surface area contributed by atoms with Crippen LogP contribution in [0.2, 0.25) is 0 Å². The van der Waals surface area contributed by atoms with Crippen LogP contribution in [0.15, 0.2) is 12.7 Å². The Kier molecular flexibility index (Phi) is 6.42. The van der Waals surface area contributed by atoms with E-state index in [4.69, 9.17) is 9.47 Å². The van der Waals surface area contributed by atoms with Crippen LogP contribution in [-0.2, 0) is 19.1 Å². The number of esters is 2. The molecule has 0 saturated heterocycles. The molecule has 0 saturated carbocycles. The molecule has 0 aliphatic heterocycles. The van der Waals surface area contributed by atoms with E-state index in [1.807, 2.05) is 6.92 Å². The van der Waals surface area contributed by atoms with Crippen LogP contribution in [-0.4, -0.2) is 24.1 Å². The highest BCUT2D eigenvalue weighted by atomic mass is 16.6. The Morgan fingerprint density at radius 2 is 2.00 bits per heavy atom. The summed E-state index contributed by atoms with van der Waals surface area (Å²) in [6, 6.07) is 0. The van der Waals surface area contributed by atoms with Crippen molar-refractivity contribution in [2.75, 3.05) is 0 Å². The van der Waals surface area contributed by atoms with Crippen molar-refractivity contribution in [2.24, 2.45) is 0 Å². The fourth-order valence-corrected chi connectivity index (χ4v) is 1.21. The average Bonchev–Trinajstić information content (AvgIpc) is 2.15. The van der Waals surface area contributed by atoms with Crippen LogP contribution in [0.3, 0.4) is 0 Å². The van der Waals surface area contributed by atoms with Crippen molar-refractivity contribution in [3.8, 4) is 0 Å². The van der Waals surface area contributed by atoms with E-state index in [1.165, 1.54) is 6.92 Å². The molecule has 0 aromatic rings. The van der Waals surface area contributed by atoms with Gasteiger partial charge in [0.2, 0.25) is 0 Å². The summed E-state index contributed by atoms with van der Waals surface area (Å²) in [6.45, 7) is 8.34. The minimum Gasteiger partial charge on any atom is -0.463 e. The van der Waals surface area contributed by atoms with Crippen molar-refractivity contribution >= 4 is 11.9 Å².